The van der Waals surface area contributed by atoms with Crippen LogP contribution < -0.4 is 4.74 Å². The van der Waals surface area contributed by atoms with Crippen molar-refractivity contribution in [2.24, 2.45) is 0 Å². The van der Waals surface area contributed by atoms with E-state index in [-0.39, 0.29) is 10.0 Å². The van der Waals surface area contributed by atoms with Gasteiger partial charge >= 0.3 is 5.97 Å². The number of rotatable bonds is 5. The average Bonchev–Trinajstić information content (AvgIpc) is 2.77. The molecule has 6 heteroatoms. The van der Waals surface area contributed by atoms with Gasteiger partial charge in [-0.2, -0.15) is 0 Å². The smallest absolute Gasteiger partial charge is 0.338 e. The van der Waals surface area contributed by atoms with Gasteiger partial charge in [0.1, 0.15) is 5.75 Å². The molecule has 1 heterocycles. The monoisotopic (exact) mass is 444 g/mol. The molecule has 0 bridgehead atoms. The molecule has 1 aliphatic heterocycles. The lowest BCUT2D eigenvalue weighted by atomic mass is 10.0. The first-order chi connectivity index (χ1) is 14.1. The van der Waals surface area contributed by atoms with Crippen LogP contribution >= 0.6 is 35.3 Å². The van der Waals surface area contributed by atoms with Crippen molar-refractivity contribution in [3.63, 3.8) is 0 Å². The largest absolute Gasteiger partial charge is 0.493 e. The number of carbonyl (C=O) groups excluding carboxylic acids is 1. The summed E-state index contributed by atoms with van der Waals surface area (Å²) in [5.41, 5.74) is 3.62. The fourth-order valence-corrected chi connectivity index (χ4v) is 5.78. The highest BCUT2D eigenvalue weighted by Gasteiger charge is 2.37. The van der Waals surface area contributed by atoms with Crippen molar-refractivity contribution in [3.8, 4) is 17.6 Å². The molecular formula is C23H24O3S3. The summed E-state index contributed by atoms with van der Waals surface area (Å²) < 4.78 is 11.0. The molecule has 0 aromatic heterocycles. The van der Waals surface area contributed by atoms with E-state index in [2.05, 4.69) is 42.7 Å². The Kier molecular flexibility index (Phi) is 7.50. The van der Waals surface area contributed by atoms with Crippen molar-refractivity contribution in [2.75, 3.05) is 32.0 Å². The first-order valence-electron chi connectivity index (χ1n) is 9.31. The molecule has 0 radical (unpaired) electrons. The second kappa shape index (κ2) is 9.88. The predicted molar refractivity (Wildman–Crippen MR) is 125 cm³/mol. The first kappa shape index (κ1) is 22.0. The first-order valence-corrected chi connectivity index (χ1v) is 13.0. The molecule has 0 unspecified atom stereocenters. The molecule has 0 atom stereocenters. The van der Waals surface area contributed by atoms with Gasteiger partial charge in [-0.25, -0.2) is 4.79 Å². The van der Waals surface area contributed by atoms with Gasteiger partial charge in [0.2, 0.25) is 0 Å². The number of ether oxygens (including phenoxy) is 2. The van der Waals surface area contributed by atoms with Crippen LogP contribution in [0.2, 0.25) is 0 Å². The Balaban J connectivity index is 1.95. The normalized spacial score (nSPS) is 14.2. The van der Waals surface area contributed by atoms with Gasteiger partial charge in [0, 0.05) is 28.0 Å². The molecule has 0 aliphatic carbocycles. The molecule has 0 amide bonds. The summed E-state index contributed by atoms with van der Waals surface area (Å²) in [6.07, 6.45) is 7.35. The van der Waals surface area contributed by atoms with Crippen molar-refractivity contribution < 1.29 is 14.3 Å². The summed E-state index contributed by atoms with van der Waals surface area (Å²) in [5, 5.41) is 0. The zero-order chi connectivity index (χ0) is 20.9. The van der Waals surface area contributed by atoms with Crippen LogP contribution in [-0.2, 0) is 8.82 Å². The highest BCUT2D eigenvalue weighted by molar-refractivity contribution is 8.16. The SMILES string of the molecule is CCOC(=O)c1ccc(C#Cc2cc3c(cc2SC)OCCC3(SC)SC)cc1. The minimum Gasteiger partial charge on any atom is -0.493 e. The summed E-state index contributed by atoms with van der Waals surface area (Å²) in [6.45, 7) is 2.90. The molecule has 2 aromatic carbocycles. The van der Waals surface area contributed by atoms with Gasteiger partial charge in [-0.05, 0) is 62.1 Å². The quantitative estimate of drug-likeness (QED) is 0.257. The number of benzene rings is 2. The van der Waals surface area contributed by atoms with E-state index < -0.39 is 0 Å². The van der Waals surface area contributed by atoms with Gasteiger partial charge in [-0.15, -0.1) is 35.3 Å². The molecule has 2 aromatic rings. The Morgan fingerprint density at radius 3 is 2.48 bits per heavy atom. The Bertz CT molecular complexity index is 938. The molecule has 0 N–H and O–H groups in total. The standard InChI is InChI=1S/C23H24O3S3/c1-5-25-22(24)17-9-6-16(7-10-17)8-11-18-14-19-20(15-21(18)27-2)26-13-12-23(19,28-3)29-4/h6-7,9-10,14-15H,5,12-13H2,1-4H3. The van der Waals surface area contributed by atoms with E-state index in [0.29, 0.717) is 12.2 Å². The lowest BCUT2D eigenvalue weighted by molar-refractivity contribution is 0.0526. The fraction of sp³-hybridized carbons (Fsp3) is 0.348. The van der Waals surface area contributed by atoms with E-state index in [0.717, 1.165) is 34.8 Å². The molecule has 3 rings (SSSR count). The summed E-state index contributed by atoms with van der Waals surface area (Å²) in [4.78, 5) is 12.9. The molecular weight excluding hydrogens is 420 g/mol. The van der Waals surface area contributed by atoms with Crippen molar-refractivity contribution in [1.29, 1.82) is 0 Å². The Morgan fingerprint density at radius 1 is 1.14 bits per heavy atom. The number of carbonyl (C=O) groups is 1. The predicted octanol–water partition coefficient (Wildman–Crippen LogP) is 5.65. The van der Waals surface area contributed by atoms with Gasteiger partial charge in [0.25, 0.3) is 0 Å². The molecule has 0 saturated heterocycles. The minimum atomic E-state index is -0.308. The van der Waals surface area contributed by atoms with Crippen LogP contribution in [0.25, 0.3) is 0 Å². The van der Waals surface area contributed by atoms with E-state index in [1.165, 1.54) is 5.56 Å². The Hall–Kier alpha value is -1.68. The lowest BCUT2D eigenvalue weighted by Gasteiger charge is -2.36. The van der Waals surface area contributed by atoms with E-state index in [1.807, 2.05) is 35.7 Å². The summed E-state index contributed by atoms with van der Waals surface area (Å²) >= 11 is 5.40. The second-order valence-electron chi connectivity index (χ2n) is 6.36. The molecule has 1 aliphatic rings. The fourth-order valence-electron chi connectivity index (χ4n) is 3.23. The molecule has 29 heavy (non-hydrogen) atoms. The molecule has 0 spiro atoms. The van der Waals surface area contributed by atoms with Crippen molar-refractivity contribution >= 4 is 41.3 Å². The topological polar surface area (TPSA) is 35.5 Å². The van der Waals surface area contributed by atoms with Crippen LogP contribution in [0.5, 0.6) is 5.75 Å². The maximum atomic E-state index is 11.8. The highest BCUT2D eigenvalue weighted by atomic mass is 32.2. The molecule has 0 fully saturated rings. The summed E-state index contributed by atoms with van der Waals surface area (Å²) in [5.74, 6) is 7.22. The number of thioether (sulfide) groups is 3. The molecule has 0 saturated carbocycles. The van der Waals surface area contributed by atoms with Crippen LogP contribution in [0, 0.1) is 11.8 Å². The third-order valence-electron chi connectivity index (χ3n) is 4.80. The van der Waals surface area contributed by atoms with Gasteiger partial charge in [-0.1, -0.05) is 11.8 Å². The van der Waals surface area contributed by atoms with E-state index >= 15 is 0 Å². The van der Waals surface area contributed by atoms with Gasteiger partial charge < -0.3 is 9.47 Å². The van der Waals surface area contributed by atoms with Crippen LogP contribution in [0.4, 0.5) is 0 Å². The zero-order valence-corrected chi connectivity index (χ0v) is 19.5. The van der Waals surface area contributed by atoms with Crippen LogP contribution in [0.3, 0.4) is 0 Å². The third kappa shape index (κ3) is 4.74. The number of hydrogen-bond donors (Lipinski definition) is 0. The molecule has 152 valence electrons. The van der Waals surface area contributed by atoms with Crippen LogP contribution in [0.1, 0.15) is 40.4 Å². The van der Waals surface area contributed by atoms with Crippen molar-refractivity contribution in [2.45, 2.75) is 22.3 Å². The average molecular weight is 445 g/mol. The number of esters is 1. The van der Waals surface area contributed by atoms with Gasteiger partial charge in [0.15, 0.2) is 0 Å². The summed E-state index contributed by atoms with van der Waals surface area (Å²) in [7, 11) is 0. The number of fused-ring (bicyclic) bond motifs is 1. The Labute approximate surface area is 185 Å². The van der Waals surface area contributed by atoms with Crippen LogP contribution in [-0.4, -0.2) is 38.0 Å². The van der Waals surface area contributed by atoms with Gasteiger partial charge in [-0.3, -0.25) is 0 Å². The lowest BCUT2D eigenvalue weighted by Crippen LogP contribution is -2.26. The van der Waals surface area contributed by atoms with Crippen molar-refractivity contribution in [3.05, 3.63) is 58.7 Å². The second-order valence-corrected chi connectivity index (χ2v) is 9.67. The van der Waals surface area contributed by atoms with E-state index in [9.17, 15) is 4.79 Å². The van der Waals surface area contributed by atoms with Gasteiger partial charge in [0.05, 0.1) is 22.9 Å². The summed E-state index contributed by atoms with van der Waals surface area (Å²) in [6, 6.07) is 11.5. The number of hydrogen-bond acceptors (Lipinski definition) is 6. The van der Waals surface area contributed by atoms with E-state index in [1.54, 1.807) is 30.8 Å². The zero-order valence-electron chi connectivity index (χ0n) is 17.0. The highest BCUT2D eigenvalue weighted by Crippen LogP contribution is 2.53. The maximum Gasteiger partial charge on any atom is 0.338 e. The Morgan fingerprint density at radius 2 is 1.86 bits per heavy atom. The van der Waals surface area contributed by atoms with E-state index in [4.69, 9.17) is 9.47 Å². The maximum absolute atomic E-state index is 11.8. The van der Waals surface area contributed by atoms with Crippen molar-refractivity contribution in [1.82, 2.24) is 0 Å². The third-order valence-corrected chi connectivity index (χ3v) is 8.74. The van der Waals surface area contributed by atoms with Crippen LogP contribution in [0.15, 0.2) is 41.3 Å². The molecule has 3 nitrogen and oxygen atoms in total. The minimum absolute atomic E-state index is 0.00222.